The lowest BCUT2D eigenvalue weighted by Crippen LogP contribution is -2.40. The average molecular weight is 412 g/mol. The second kappa shape index (κ2) is 10.2. The van der Waals surface area contributed by atoms with Crippen LogP contribution in [0.4, 0.5) is 0 Å². The minimum Gasteiger partial charge on any atom is -0.493 e. The van der Waals surface area contributed by atoms with Crippen LogP contribution < -0.4 is 29.8 Å². The Bertz CT molecular complexity index is 941. The maximum Gasteiger partial charge on any atom is 0.269 e. The molecule has 1 aliphatic heterocycles. The third kappa shape index (κ3) is 5.44. The van der Waals surface area contributed by atoms with E-state index in [4.69, 9.17) is 18.9 Å². The number of benzene rings is 2. The highest BCUT2D eigenvalue weighted by atomic mass is 16.7. The van der Waals surface area contributed by atoms with Crippen molar-refractivity contribution in [3.05, 3.63) is 53.6 Å². The fourth-order valence-corrected chi connectivity index (χ4v) is 2.68. The van der Waals surface area contributed by atoms with Gasteiger partial charge in [-0.3, -0.25) is 20.4 Å². The number of hydrogen-bond acceptors (Lipinski definition) is 6. The average Bonchev–Trinajstić information content (AvgIpc) is 3.24. The van der Waals surface area contributed by atoms with Crippen molar-refractivity contribution < 1.29 is 28.5 Å². The minimum absolute atomic E-state index is 0.186. The van der Waals surface area contributed by atoms with Gasteiger partial charge in [-0.15, -0.1) is 0 Å². The molecule has 0 spiro atoms. The number of fused-ring (bicyclic) bond motifs is 1. The van der Waals surface area contributed by atoms with Crippen molar-refractivity contribution in [1.29, 1.82) is 0 Å². The lowest BCUT2D eigenvalue weighted by Gasteiger charge is -2.12. The number of nitrogens with one attached hydrogen (secondary N) is 2. The molecule has 1 heterocycles. The molecule has 0 saturated carbocycles. The van der Waals surface area contributed by atoms with Gasteiger partial charge >= 0.3 is 0 Å². The van der Waals surface area contributed by atoms with Gasteiger partial charge in [0, 0.05) is 11.6 Å². The predicted molar refractivity (Wildman–Crippen MR) is 111 cm³/mol. The molecule has 0 unspecified atom stereocenters. The Labute approximate surface area is 174 Å². The van der Waals surface area contributed by atoms with E-state index in [-0.39, 0.29) is 6.79 Å². The minimum atomic E-state index is -0.479. The SMILES string of the molecule is CCCCOc1ccc(C(=O)NNC(=O)/C=C/c2ccc3c(c2)OCO3)cc1OC. The van der Waals surface area contributed by atoms with Gasteiger partial charge in [-0.1, -0.05) is 19.4 Å². The third-order valence-electron chi connectivity index (χ3n) is 4.30. The molecular formula is C22H24N2O6. The predicted octanol–water partition coefficient (Wildman–Crippen LogP) is 3.08. The first-order chi connectivity index (χ1) is 14.6. The zero-order valence-corrected chi connectivity index (χ0v) is 16.9. The molecule has 1 aliphatic rings. The molecule has 0 fully saturated rings. The summed E-state index contributed by atoms with van der Waals surface area (Å²) in [4.78, 5) is 24.3. The van der Waals surface area contributed by atoms with Gasteiger partial charge in [-0.25, -0.2) is 0 Å². The Kier molecular flexibility index (Phi) is 7.15. The smallest absolute Gasteiger partial charge is 0.269 e. The van der Waals surface area contributed by atoms with Gasteiger partial charge in [0.25, 0.3) is 11.8 Å². The molecular weight excluding hydrogens is 388 g/mol. The fraction of sp³-hybridized carbons (Fsp3) is 0.273. The number of methoxy groups -OCH3 is 1. The van der Waals surface area contributed by atoms with Crippen molar-refractivity contribution in [2.45, 2.75) is 19.8 Å². The van der Waals surface area contributed by atoms with Crippen LogP contribution in [0.3, 0.4) is 0 Å². The van der Waals surface area contributed by atoms with Crippen LogP contribution in [-0.2, 0) is 4.79 Å². The summed E-state index contributed by atoms with van der Waals surface area (Å²) < 4.78 is 21.5. The second-order valence-corrected chi connectivity index (χ2v) is 6.46. The molecule has 0 saturated heterocycles. The van der Waals surface area contributed by atoms with Gasteiger partial charge in [0.05, 0.1) is 13.7 Å². The first kappa shape index (κ1) is 21.0. The molecule has 2 amide bonds. The third-order valence-corrected chi connectivity index (χ3v) is 4.30. The molecule has 0 bridgehead atoms. The Morgan fingerprint density at radius 1 is 1.07 bits per heavy atom. The molecule has 2 N–H and O–H groups in total. The molecule has 8 nitrogen and oxygen atoms in total. The number of carbonyl (C=O) groups excluding carboxylic acids is 2. The standard InChI is InChI=1S/C22H24N2O6/c1-3-4-11-28-17-9-7-16(13-19(17)27-2)22(26)24-23-21(25)10-6-15-5-8-18-20(12-15)30-14-29-18/h5-10,12-13H,3-4,11,14H2,1-2H3,(H,23,25)(H,24,26)/b10-6+. The van der Waals surface area contributed by atoms with E-state index in [0.29, 0.717) is 35.2 Å². The summed E-state index contributed by atoms with van der Waals surface area (Å²) in [6.45, 7) is 2.84. The van der Waals surface area contributed by atoms with Crippen molar-refractivity contribution in [3.8, 4) is 23.0 Å². The van der Waals surface area contributed by atoms with E-state index in [2.05, 4.69) is 17.8 Å². The van der Waals surface area contributed by atoms with Gasteiger partial charge in [-0.2, -0.15) is 0 Å². The van der Waals surface area contributed by atoms with Crippen molar-refractivity contribution in [2.24, 2.45) is 0 Å². The first-order valence-corrected chi connectivity index (χ1v) is 9.59. The monoisotopic (exact) mass is 412 g/mol. The van der Waals surface area contributed by atoms with Crippen LogP contribution in [0.1, 0.15) is 35.7 Å². The van der Waals surface area contributed by atoms with Gasteiger partial charge in [-0.05, 0) is 48.4 Å². The maximum atomic E-state index is 12.3. The molecule has 8 heteroatoms. The number of carbonyl (C=O) groups is 2. The molecule has 3 rings (SSSR count). The summed E-state index contributed by atoms with van der Waals surface area (Å²) in [5.41, 5.74) is 5.81. The lowest BCUT2D eigenvalue weighted by molar-refractivity contribution is -0.117. The largest absolute Gasteiger partial charge is 0.493 e. The topological polar surface area (TPSA) is 95.1 Å². The summed E-state index contributed by atoms with van der Waals surface area (Å²) in [5, 5.41) is 0. The normalized spacial score (nSPS) is 11.9. The quantitative estimate of drug-likeness (QED) is 0.393. The summed E-state index contributed by atoms with van der Waals surface area (Å²) in [5.74, 6) is 1.36. The van der Waals surface area contributed by atoms with Gasteiger partial charge < -0.3 is 18.9 Å². The van der Waals surface area contributed by atoms with Crippen molar-refractivity contribution in [3.63, 3.8) is 0 Å². The Morgan fingerprint density at radius 3 is 2.70 bits per heavy atom. The molecule has 0 aliphatic carbocycles. The number of rotatable bonds is 8. The van der Waals surface area contributed by atoms with Gasteiger partial charge in [0.2, 0.25) is 6.79 Å². The van der Waals surface area contributed by atoms with E-state index < -0.39 is 11.8 Å². The molecule has 0 radical (unpaired) electrons. The van der Waals surface area contributed by atoms with Crippen LogP contribution in [0.15, 0.2) is 42.5 Å². The van der Waals surface area contributed by atoms with E-state index >= 15 is 0 Å². The van der Waals surface area contributed by atoms with Gasteiger partial charge in [0.15, 0.2) is 23.0 Å². The van der Waals surface area contributed by atoms with Crippen LogP contribution in [0, 0.1) is 0 Å². The van der Waals surface area contributed by atoms with E-state index in [0.717, 1.165) is 18.4 Å². The highest BCUT2D eigenvalue weighted by Crippen LogP contribution is 2.32. The van der Waals surface area contributed by atoms with E-state index in [1.807, 2.05) is 0 Å². The molecule has 30 heavy (non-hydrogen) atoms. The number of amides is 2. The van der Waals surface area contributed by atoms with E-state index in [1.165, 1.54) is 13.2 Å². The second-order valence-electron chi connectivity index (χ2n) is 6.46. The van der Waals surface area contributed by atoms with Crippen LogP contribution in [0.2, 0.25) is 0 Å². The fourth-order valence-electron chi connectivity index (χ4n) is 2.68. The van der Waals surface area contributed by atoms with E-state index in [1.54, 1.807) is 42.5 Å². The van der Waals surface area contributed by atoms with Crippen molar-refractivity contribution >= 4 is 17.9 Å². The summed E-state index contributed by atoms with van der Waals surface area (Å²) >= 11 is 0. The maximum absolute atomic E-state index is 12.3. The van der Waals surface area contributed by atoms with Gasteiger partial charge in [0.1, 0.15) is 0 Å². The lowest BCUT2D eigenvalue weighted by atomic mass is 10.2. The number of hydrazine groups is 1. The van der Waals surface area contributed by atoms with Crippen molar-refractivity contribution in [2.75, 3.05) is 20.5 Å². The number of ether oxygens (including phenoxy) is 4. The summed E-state index contributed by atoms with van der Waals surface area (Å²) in [6.07, 6.45) is 4.86. The first-order valence-electron chi connectivity index (χ1n) is 9.59. The summed E-state index contributed by atoms with van der Waals surface area (Å²) in [7, 11) is 1.51. The van der Waals surface area contributed by atoms with Crippen molar-refractivity contribution in [1.82, 2.24) is 10.9 Å². The van der Waals surface area contributed by atoms with Crippen LogP contribution in [0.5, 0.6) is 23.0 Å². The number of hydrogen-bond donors (Lipinski definition) is 2. The van der Waals surface area contributed by atoms with Crippen LogP contribution in [-0.4, -0.2) is 32.3 Å². The van der Waals surface area contributed by atoms with Crippen LogP contribution >= 0.6 is 0 Å². The Hall–Kier alpha value is -3.68. The Balaban J connectivity index is 1.53. The molecule has 0 aromatic heterocycles. The molecule has 2 aromatic carbocycles. The highest BCUT2D eigenvalue weighted by Gasteiger charge is 2.13. The molecule has 158 valence electrons. The summed E-state index contributed by atoms with van der Waals surface area (Å²) in [6, 6.07) is 10.2. The highest BCUT2D eigenvalue weighted by molar-refractivity contribution is 5.98. The van der Waals surface area contributed by atoms with E-state index in [9.17, 15) is 9.59 Å². The Morgan fingerprint density at radius 2 is 1.90 bits per heavy atom. The zero-order chi connectivity index (χ0) is 21.3. The molecule has 0 atom stereocenters. The number of unbranched alkanes of at least 4 members (excludes halogenated alkanes) is 1. The van der Waals surface area contributed by atoms with Crippen LogP contribution in [0.25, 0.3) is 6.08 Å². The molecule has 2 aromatic rings. The zero-order valence-electron chi connectivity index (χ0n) is 16.9.